The van der Waals surface area contributed by atoms with Gasteiger partial charge in [-0.25, -0.2) is 0 Å². The minimum atomic E-state index is -0.344. The fourth-order valence-corrected chi connectivity index (χ4v) is 2.61. The topological polar surface area (TPSA) is 89.2 Å². The van der Waals surface area contributed by atoms with E-state index in [2.05, 4.69) is 15.7 Å². The summed E-state index contributed by atoms with van der Waals surface area (Å²) in [6.45, 7) is 4.40. The van der Waals surface area contributed by atoms with Crippen molar-refractivity contribution >= 4 is 23.2 Å². The van der Waals surface area contributed by atoms with E-state index < -0.39 is 0 Å². The van der Waals surface area contributed by atoms with Gasteiger partial charge in [0.1, 0.15) is 0 Å². The number of nitrogens with one attached hydrogen (secondary N) is 2. The van der Waals surface area contributed by atoms with Gasteiger partial charge in [0.2, 0.25) is 5.91 Å². The van der Waals surface area contributed by atoms with Crippen LogP contribution in [-0.4, -0.2) is 21.6 Å². The lowest BCUT2D eigenvalue weighted by Gasteiger charge is -2.09. The van der Waals surface area contributed by atoms with E-state index in [-0.39, 0.29) is 17.6 Å². The van der Waals surface area contributed by atoms with Crippen LogP contribution in [-0.2, 0) is 11.3 Å². The second-order valence-electron chi connectivity index (χ2n) is 5.96. The van der Waals surface area contributed by atoms with Gasteiger partial charge in [-0.2, -0.15) is 5.10 Å². The number of aryl methyl sites for hydroxylation is 3. The molecule has 2 N–H and O–H groups in total. The maximum absolute atomic E-state index is 12.2. The molecule has 7 nitrogen and oxygen atoms in total. The molecule has 134 valence electrons. The van der Waals surface area contributed by atoms with Gasteiger partial charge in [0.25, 0.3) is 5.91 Å². The molecular formula is C19H20N4O3. The van der Waals surface area contributed by atoms with Crippen LogP contribution in [0.2, 0.25) is 0 Å². The summed E-state index contributed by atoms with van der Waals surface area (Å²) in [4.78, 5) is 24.2. The Bertz CT molecular complexity index is 913. The van der Waals surface area contributed by atoms with Crippen molar-refractivity contribution in [3.63, 3.8) is 0 Å². The molecule has 0 atom stereocenters. The van der Waals surface area contributed by atoms with Crippen molar-refractivity contribution in [2.45, 2.75) is 26.8 Å². The second-order valence-corrected chi connectivity index (χ2v) is 5.96. The molecule has 0 unspecified atom stereocenters. The van der Waals surface area contributed by atoms with E-state index in [1.165, 1.54) is 6.26 Å². The van der Waals surface area contributed by atoms with Crippen LogP contribution in [0.5, 0.6) is 0 Å². The Balaban J connectivity index is 1.57. The summed E-state index contributed by atoms with van der Waals surface area (Å²) < 4.78 is 6.87. The molecule has 0 radical (unpaired) electrons. The molecule has 0 saturated heterocycles. The van der Waals surface area contributed by atoms with Crippen molar-refractivity contribution < 1.29 is 14.0 Å². The third kappa shape index (κ3) is 4.38. The van der Waals surface area contributed by atoms with Crippen molar-refractivity contribution in [3.8, 4) is 0 Å². The summed E-state index contributed by atoms with van der Waals surface area (Å²) >= 11 is 0. The average Bonchev–Trinajstić information content (AvgIpc) is 3.23. The van der Waals surface area contributed by atoms with Crippen molar-refractivity contribution in [3.05, 3.63) is 65.9 Å². The number of furan rings is 1. The fraction of sp³-hybridized carbons (Fsp3) is 0.211. The lowest BCUT2D eigenvalue weighted by atomic mass is 10.2. The minimum absolute atomic E-state index is 0.118. The molecule has 0 fully saturated rings. The summed E-state index contributed by atoms with van der Waals surface area (Å²) in [6.07, 6.45) is 1.75. The molecule has 1 aromatic carbocycles. The van der Waals surface area contributed by atoms with Gasteiger partial charge >= 0.3 is 0 Å². The van der Waals surface area contributed by atoms with Crippen LogP contribution in [0.4, 0.5) is 11.4 Å². The Morgan fingerprint density at radius 1 is 1.08 bits per heavy atom. The van der Waals surface area contributed by atoms with Crippen molar-refractivity contribution in [2.24, 2.45) is 0 Å². The highest BCUT2D eigenvalue weighted by molar-refractivity contribution is 6.02. The summed E-state index contributed by atoms with van der Waals surface area (Å²) in [7, 11) is 0. The quantitative estimate of drug-likeness (QED) is 0.712. The van der Waals surface area contributed by atoms with Gasteiger partial charge in [-0.1, -0.05) is 6.07 Å². The molecular weight excluding hydrogens is 332 g/mol. The number of rotatable bonds is 6. The van der Waals surface area contributed by atoms with Crippen molar-refractivity contribution in [1.29, 1.82) is 0 Å². The van der Waals surface area contributed by atoms with E-state index >= 15 is 0 Å². The Kier molecular flexibility index (Phi) is 5.17. The highest BCUT2D eigenvalue weighted by Crippen LogP contribution is 2.16. The van der Waals surface area contributed by atoms with Gasteiger partial charge in [0.15, 0.2) is 5.76 Å². The first kappa shape index (κ1) is 17.5. The normalized spacial score (nSPS) is 10.5. The largest absolute Gasteiger partial charge is 0.459 e. The van der Waals surface area contributed by atoms with Crippen LogP contribution in [0.3, 0.4) is 0 Å². The summed E-state index contributed by atoms with van der Waals surface area (Å²) in [5.74, 6) is -0.237. The fourth-order valence-electron chi connectivity index (χ4n) is 2.61. The predicted octanol–water partition coefficient (Wildman–Crippen LogP) is 3.37. The van der Waals surface area contributed by atoms with E-state index in [0.29, 0.717) is 24.3 Å². The van der Waals surface area contributed by atoms with Gasteiger partial charge in [-0.05, 0) is 50.2 Å². The third-order valence-electron chi connectivity index (χ3n) is 3.80. The number of aromatic nitrogens is 2. The molecule has 3 aromatic rings. The highest BCUT2D eigenvalue weighted by Gasteiger charge is 2.10. The van der Waals surface area contributed by atoms with E-state index in [1.807, 2.05) is 24.6 Å². The van der Waals surface area contributed by atoms with Gasteiger partial charge in [0.05, 0.1) is 12.0 Å². The lowest BCUT2D eigenvalue weighted by molar-refractivity contribution is -0.116. The molecule has 2 aromatic heterocycles. The number of anilines is 2. The first-order valence-corrected chi connectivity index (χ1v) is 8.27. The SMILES string of the molecule is Cc1cc(C)n(CCC(=O)Nc2cccc(NC(=O)c3ccco3)c2)n1. The van der Waals surface area contributed by atoms with Crippen LogP contribution in [0, 0.1) is 13.8 Å². The molecule has 26 heavy (non-hydrogen) atoms. The number of hydrogen-bond donors (Lipinski definition) is 2. The Hall–Kier alpha value is -3.35. The monoisotopic (exact) mass is 352 g/mol. The zero-order valence-corrected chi connectivity index (χ0v) is 14.7. The van der Waals surface area contributed by atoms with Gasteiger partial charge in [-0.15, -0.1) is 0 Å². The maximum atomic E-state index is 12.2. The molecule has 0 bridgehead atoms. The first-order chi connectivity index (χ1) is 12.5. The van der Waals surface area contributed by atoms with Crippen LogP contribution in [0.25, 0.3) is 0 Å². The maximum Gasteiger partial charge on any atom is 0.291 e. The molecule has 3 rings (SSSR count). The zero-order chi connectivity index (χ0) is 18.5. The van der Waals surface area contributed by atoms with Crippen LogP contribution < -0.4 is 10.6 Å². The van der Waals surface area contributed by atoms with Crippen molar-refractivity contribution in [1.82, 2.24) is 9.78 Å². The molecule has 0 saturated carbocycles. The Morgan fingerprint density at radius 3 is 2.50 bits per heavy atom. The Morgan fingerprint density at radius 2 is 1.85 bits per heavy atom. The molecule has 0 aliphatic carbocycles. The molecule has 7 heteroatoms. The average molecular weight is 352 g/mol. The van der Waals surface area contributed by atoms with Crippen molar-refractivity contribution in [2.75, 3.05) is 10.6 Å². The van der Waals surface area contributed by atoms with Crippen LogP contribution >= 0.6 is 0 Å². The molecule has 0 spiro atoms. The smallest absolute Gasteiger partial charge is 0.291 e. The number of nitrogens with zero attached hydrogens (tertiary/aromatic N) is 2. The lowest BCUT2D eigenvalue weighted by Crippen LogP contribution is -2.16. The van der Waals surface area contributed by atoms with E-state index in [0.717, 1.165) is 11.4 Å². The molecule has 2 heterocycles. The standard InChI is InChI=1S/C19H20N4O3/c1-13-11-14(2)23(22-13)9-8-18(24)20-15-5-3-6-16(12-15)21-19(25)17-7-4-10-26-17/h3-7,10-12H,8-9H2,1-2H3,(H,20,24)(H,21,25). The number of amides is 2. The van der Waals surface area contributed by atoms with Crippen LogP contribution in [0.15, 0.2) is 53.1 Å². The third-order valence-corrected chi connectivity index (χ3v) is 3.80. The van der Waals surface area contributed by atoms with Gasteiger partial charge in [0, 0.05) is 30.0 Å². The minimum Gasteiger partial charge on any atom is -0.459 e. The predicted molar refractivity (Wildman–Crippen MR) is 98.1 cm³/mol. The van der Waals surface area contributed by atoms with Gasteiger partial charge < -0.3 is 15.1 Å². The summed E-state index contributed by atoms with van der Waals surface area (Å²) in [5, 5.41) is 9.90. The first-order valence-electron chi connectivity index (χ1n) is 8.27. The van der Waals surface area contributed by atoms with E-state index in [9.17, 15) is 9.59 Å². The van der Waals surface area contributed by atoms with E-state index in [4.69, 9.17) is 4.42 Å². The molecule has 0 aliphatic rings. The zero-order valence-electron chi connectivity index (χ0n) is 14.7. The number of benzene rings is 1. The number of hydrogen-bond acceptors (Lipinski definition) is 4. The molecule has 2 amide bonds. The second kappa shape index (κ2) is 7.69. The van der Waals surface area contributed by atoms with Gasteiger partial charge in [-0.3, -0.25) is 14.3 Å². The van der Waals surface area contributed by atoms with Crippen LogP contribution in [0.1, 0.15) is 28.4 Å². The van der Waals surface area contributed by atoms with E-state index in [1.54, 1.807) is 36.4 Å². The highest BCUT2D eigenvalue weighted by atomic mass is 16.3. The summed E-state index contributed by atoms with van der Waals surface area (Å²) in [6, 6.07) is 12.2. The molecule has 0 aliphatic heterocycles. The number of carbonyl (C=O) groups is 2. The summed E-state index contributed by atoms with van der Waals surface area (Å²) in [5.41, 5.74) is 3.14. The number of carbonyl (C=O) groups excluding carboxylic acids is 2. The Labute approximate surface area is 151 Å².